The Morgan fingerprint density at radius 2 is 2.00 bits per heavy atom. The van der Waals surface area contributed by atoms with Gasteiger partial charge >= 0.3 is 12.0 Å². The fraction of sp³-hybridized carbons (Fsp3) is 0.778. The van der Waals surface area contributed by atoms with Crippen LogP contribution in [0.25, 0.3) is 0 Å². The van der Waals surface area contributed by atoms with E-state index in [4.69, 9.17) is 5.11 Å². The fourth-order valence-corrected chi connectivity index (χ4v) is 1.02. The molecule has 0 saturated carbocycles. The average molecular weight is 234 g/mol. The predicted octanol–water partition coefficient (Wildman–Crippen LogP) is -0.195. The Morgan fingerprint density at radius 1 is 1.44 bits per heavy atom. The monoisotopic (exact) mass is 234 g/mol. The lowest BCUT2D eigenvalue weighted by molar-refractivity contribution is -0.144. The molecule has 0 radical (unpaired) electrons. The van der Waals surface area contributed by atoms with Gasteiger partial charge in [0, 0.05) is 6.54 Å². The summed E-state index contributed by atoms with van der Waals surface area (Å²) in [6.07, 6.45) is 0. The van der Waals surface area contributed by atoms with Crippen LogP contribution in [-0.4, -0.2) is 52.4 Å². The zero-order valence-electron chi connectivity index (χ0n) is 9.69. The lowest BCUT2D eigenvalue weighted by Crippen LogP contribution is -2.47. The summed E-state index contributed by atoms with van der Waals surface area (Å²) in [6, 6.07) is -0.578. The quantitative estimate of drug-likeness (QED) is 0.553. The van der Waals surface area contributed by atoms with Crippen LogP contribution in [0.4, 0.5) is 4.79 Å². The Morgan fingerprint density at radius 3 is 2.38 bits per heavy atom. The van der Waals surface area contributed by atoms with Crippen molar-refractivity contribution in [2.45, 2.75) is 26.4 Å². The standard InChI is InChI=1S/C9H18N2O5/c1-4-11(6-9(2,3)15)8(14)10-16-5-7(12)13/h15H,4-6H2,1-3H3,(H,10,14)(H,12,13). The molecule has 0 aliphatic heterocycles. The minimum Gasteiger partial charge on any atom is -0.479 e. The lowest BCUT2D eigenvalue weighted by atomic mass is 10.1. The highest BCUT2D eigenvalue weighted by molar-refractivity contribution is 5.73. The van der Waals surface area contributed by atoms with Crippen molar-refractivity contribution < 1.29 is 24.6 Å². The normalized spacial score (nSPS) is 11.0. The lowest BCUT2D eigenvalue weighted by Gasteiger charge is -2.27. The first-order chi connectivity index (χ1) is 7.26. The first-order valence-electron chi connectivity index (χ1n) is 4.87. The van der Waals surface area contributed by atoms with E-state index in [0.29, 0.717) is 6.54 Å². The first-order valence-corrected chi connectivity index (χ1v) is 4.87. The second-order valence-corrected chi connectivity index (χ2v) is 3.92. The maximum atomic E-state index is 11.4. The molecule has 0 aliphatic rings. The van der Waals surface area contributed by atoms with Crippen LogP contribution < -0.4 is 5.48 Å². The van der Waals surface area contributed by atoms with E-state index in [-0.39, 0.29) is 6.54 Å². The van der Waals surface area contributed by atoms with Gasteiger partial charge in [0.2, 0.25) is 0 Å². The minimum absolute atomic E-state index is 0.131. The van der Waals surface area contributed by atoms with Crippen LogP contribution in [0.2, 0.25) is 0 Å². The maximum absolute atomic E-state index is 11.4. The van der Waals surface area contributed by atoms with Gasteiger partial charge in [-0.15, -0.1) is 0 Å². The summed E-state index contributed by atoms with van der Waals surface area (Å²) in [5.41, 5.74) is 0.969. The number of hydroxylamine groups is 1. The molecule has 0 atom stereocenters. The van der Waals surface area contributed by atoms with E-state index in [2.05, 4.69) is 4.84 Å². The van der Waals surface area contributed by atoms with Crippen LogP contribution >= 0.6 is 0 Å². The Balaban J connectivity index is 4.06. The summed E-state index contributed by atoms with van der Waals surface area (Å²) < 4.78 is 0. The average Bonchev–Trinajstić information content (AvgIpc) is 2.11. The number of urea groups is 1. The van der Waals surface area contributed by atoms with Crippen LogP contribution in [0, 0.1) is 0 Å². The van der Waals surface area contributed by atoms with Crippen LogP contribution in [0.1, 0.15) is 20.8 Å². The highest BCUT2D eigenvalue weighted by Crippen LogP contribution is 2.04. The van der Waals surface area contributed by atoms with Crippen molar-refractivity contribution in [2.75, 3.05) is 19.7 Å². The topological polar surface area (TPSA) is 99.1 Å². The number of hydrogen-bond acceptors (Lipinski definition) is 4. The van der Waals surface area contributed by atoms with Crippen molar-refractivity contribution in [2.24, 2.45) is 0 Å². The summed E-state index contributed by atoms with van der Waals surface area (Å²) >= 11 is 0. The number of aliphatic hydroxyl groups is 1. The number of carbonyl (C=O) groups is 2. The van der Waals surface area contributed by atoms with Crippen LogP contribution in [0.5, 0.6) is 0 Å². The van der Waals surface area contributed by atoms with Gasteiger partial charge in [0.1, 0.15) is 0 Å². The number of aliphatic carboxylic acids is 1. The van der Waals surface area contributed by atoms with E-state index in [1.807, 2.05) is 5.48 Å². The third-order valence-corrected chi connectivity index (χ3v) is 1.60. The number of amides is 2. The van der Waals surface area contributed by atoms with E-state index in [9.17, 15) is 14.7 Å². The van der Waals surface area contributed by atoms with Crippen molar-refractivity contribution in [3.63, 3.8) is 0 Å². The Kier molecular flexibility index (Phi) is 5.76. The van der Waals surface area contributed by atoms with Gasteiger partial charge in [0.15, 0.2) is 6.61 Å². The van der Waals surface area contributed by atoms with Gasteiger partial charge in [0.05, 0.1) is 12.1 Å². The molecule has 3 N–H and O–H groups in total. The van der Waals surface area contributed by atoms with E-state index < -0.39 is 24.2 Å². The molecule has 7 nitrogen and oxygen atoms in total. The van der Waals surface area contributed by atoms with Crippen LogP contribution in [0.3, 0.4) is 0 Å². The van der Waals surface area contributed by atoms with Gasteiger partial charge in [-0.25, -0.2) is 15.1 Å². The molecule has 0 bridgehead atoms. The zero-order chi connectivity index (χ0) is 12.8. The summed E-state index contributed by atoms with van der Waals surface area (Å²) in [7, 11) is 0. The second kappa shape index (κ2) is 6.29. The molecule has 0 saturated heterocycles. The van der Waals surface area contributed by atoms with Crippen molar-refractivity contribution in [3.8, 4) is 0 Å². The van der Waals surface area contributed by atoms with Gasteiger partial charge in [-0.2, -0.15) is 0 Å². The van der Waals surface area contributed by atoms with Crippen LogP contribution in [0.15, 0.2) is 0 Å². The number of carbonyl (C=O) groups excluding carboxylic acids is 1. The smallest absolute Gasteiger partial charge is 0.341 e. The van der Waals surface area contributed by atoms with Gasteiger partial charge in [0.25, 0.3) is 0 Å². The second-order valence-electron chi connectivity index (χ2n) is 3.92. The van der Waals surface area contributed by atoms with Gasteiger partial charge in [-0.1, -0.05) is 0 Å². The van der Waals surface area contributed by atoms with Crippen molar-refractivity contribution in [3.05, 3.63) is 0 Å². The summed E-state index contributed by atoms with van der Waals surface area (Å²) in [5, 5.41) is 17.8. The molecule has 94 valence electrons. The molecule has 0 rings (SSSR count). The van der Waals surface area contributed by atoms with E-state index in [0.717, 1.165) is 0 Å². The third-order valence-electron chi connectivity index (χ3n) is 1.60. The number of carboxylic acids is 1. The molecule has 0 fully saturated rings. The molecule has 0 aromatic rings. The molecule has 0 aromatic heterocycles. The Bertz CT molecular complexity index is 249. The van der Waals surface area contributed by atoms with Gasteiger partial charge in [-0.05, 0) is 20.8 Å². The van der Waals surface area contributed by atoms with Crippen molar-refractivity contribution in [1.29, 1.82) is 0 Å². The molecule has 0 aliphatic carbocycles. The van der Waals surface area contributed by atoms with Gasteiger partial charge in [-0.3, -0.25) is 4.84 Å². The highest BCUT2D eigenvalue weighted by atomic mass is 16.7. The zero-order valence-corrected chi connectivity index (χ0v) is 9.69. The molecule has 0 spiro atoms. The molecule has 7 heteroatoms. The number of nitrogens with one attached hydrogen (secondary N) is 1. The predicted molar refractivity (Wildman–Crippen MR) is 55.7 cm³/mol. The largest absolute Gasteiger partial charge is 0.479 e. The van der Waals surface area contributed by atoms with E-state index in [1.54, 1.807) is 20.8 Å². The number of likely N-dealkylation sites (N-methyl/N-ethyl adjacent to an activating group) is 1. The fourth-order valence-electron chi connectivity index (χ4n) is 1.02. The maximum Gasteiger partial charge on any atom is 0.341 e. The number of carboxylic acid groups (broad SMARTS) is 1. The SMILES string of the molecule is CCN(CC(C)(C)O)C(=O)NOCC(=O)O. The summed E-state index contributed by atoms with van der Waals surface area (Å²) in [6.45, 7) is 4.79. The van der Waals surface area contributed by atoms with Crippen LogP contribution in [-0.2, 0) is 9.63 Å². The first kappa shape index (κ1) is 14.7. The summed E-state index contributed by atoms with van der Waals surface area (Å²) in [4.78, 5) is 27.3. The molecular weight excluding hydrogens is 216 g/mol. The molecule has 16 heavy (non-hydrogen) atoms. The number of nitrogens with zero attached hydrogens (tertiary/aromatic N) is 1. The Hall–Kier alpha value is -1.34. The van der Waals surface area contributed by atoms with E-state index >= 15 is 0 Å². The highest BCUT2D eigenvalue weighted by Gasteiger charge is 2.21. The number of rotatable bonds is 6. The molecule has 0 aromatic carbocycles. The summed E-state index contributed by atoms with van der Waals surface area (Å²) in [5.74, 6) is -1.18. The molecular formula is C9H18N2O5. The number of hydrogen-bond donors (Lipinski definition) is 3. The minimum atomic E-state index is -1.18. The third kappa shape index (κ3) is 7.02. The molecule has 2 amide bonds. The Labute approximate surface area is 93.9 Å². The van der Waals surface area contributed by atoms with Crippen molar-refractivity contribution in [1.82, 2.24) is 10.4 Å². The van der Waals surface area contributed by atoms with Crippen molar-refractivity contribution >= 4 is 12.0 Å². The van der Waals surface area contributed by atoms with E-state index in [1.165, 1.54) is 4.90 Å². The molecule has 0 heterocycles. The molecule has 0 unspecified atom stereocenters. The van der Waals surface area contributed by atoms with Gasteiger partial charge < -0.3 is 15.1 Å².